The number of nitrogens with one attached hydrogen (secondary N) is 2. The average molecular weight is 393 g/mol. The third-order valence-electron chi connectivity index (χ3n) is 3.04. The smallest absolute Gasteiger partial charge is 0.291 e. The first kappa shape index (κ1) is 18.0. The van der Waals surface area contributed by atoms with Gasteiger partial charge in [0.05, 0.1) is 6.26 Å². The first-order valence-electron chi connectivity index (χ1n) is 7.31. The number of rotatable bonds is 7. The summed E-state index contributed by atoms with van der Waals surface area (Å²) in [6, 6.07) is 10.4. The summed E-state index contributed by atoms with van der Waals surface area (Å²) in [5.41, 5.74) is 0.849. The zero-order chi connectivity index (χ0) is 17.4. The van der Waals surface area contributed by atoms with Crippen LogP contribution in [0.1, 0.15) is 22.5 Å². The van der Waals surface area contributed by atoms with Crippen LogP contribution in [0.5, 0.6) is 0 Å². The van der Waals surface area contributed by atoms with E-state index in [2.05, 4.69) is 26.6 Å². The van der Waals surface area contributed by atoms with Gasteiger partial charge in [0.15, 0.2) is 5.76 Å². The lowest BCUT2D eigenvalue weighted by Gasteiger charge is -2.10. The molecule has 1 aromatic heterocycles. The molecule has 0 bridgehead atoms. The molecular formula is C17H17BrN2O4. The quantitative estimate of drug-likeness (QED) is 0.497. The van der Waals surface area contributed by atoms with E-state index in [9.17, 15) is 9.59 Å². The van der Waals surface area contributed by atoms with Crippen molar-refractivity contribution < 1.29 is 19.1 Å². The number of amides is 2. The minimum atomic E-state index is -0.513. The minimum absolute atomic E-state index is 0.0230. The van der Waals surface area contributed by atoms with Crippen molar-refractivity contribution in [3.63, 3.8) is 0 Å². The Morgan fingerprint density at radius 1 is 1.21 bits per heavy atom. The highest BCUT2D eigenvalue weighted by atomic mass is 79.9. The predicted octanol–water partition coefficient (Wildman–Crippen LogP) is 2.31. The molecule has 0 spiro atoms. The second-order valence-electron chi connectivity index (χ2n) is 4.87. The van der Waals surface area contributed by atoms with E-state index in [0.717, 1.165) is 10.0 Å². The van der Waals surface area contributed by atoms with Crippen molar-refractivity contribution in [2.45, 2.75) is 6.42 Å². The maximum Gasteiger partial charge on any atom is 0.291 e. The molecule has 0 unspecified atom stereocenters. The third-order valence-corrected chi connectivity index (χ3v) is 3.57. The Kier molecular flexibility index (Phi) is 6.77. The lowest BCUT2D eigenvalue weighted by Crippen LogP contribution is -2.35. The molecular weight excluding hydrogens is 376 g/mol. The Bertz CT molecular complexity index is 709. The first-order chi connectivity index (χ1) is 11.6. The van der Waals surface area contributed by atoms with Gasteiger partial charge in [-0.05, 0) is 42.3 Å². The van der Waals surface area contributed by atoms with Crippen LogP contribution in [-0.4, -0.2) is 30.1 Å². The van der Waals surface area contributed by atoms with Gasteiger partial charge in [0.2, 0.25) is 0 Å². The molecule has 126 valence electrons. The molecule has 0 aliphatic carbocycles. The first-order valence-corrected chi connectivity index (χ1v) is 8.10. The van der Waals surface area contributed by atoms with Gasteiger partial charge in [0.25, 0.3) is 11.8 Å². The van der Waals surface area contributed by atoms with Crippen LogP contribution in [0.4, 0.5) is 0 Å². The highest BCUT2D eigenvalue weighted by molar-refractivity contribution is 9.10. The maximum absolute atomic E-state index is 12.3. The average Bonchev–Trinajstić information content (AvgIpc) is 3.11. The fourth-order valence-corrected chi connectivity index (χ4v) is 2.12. The molecule has 0 saturated heterocycles. The molecule has 0 radical (unpaired) electrons. The fraction of sp³-hybridized carbons (Fsp3) is 0.176. The highest BCUT2D eigenvalue weighted by Gasteiger charge is 2.15. The van der Waals surface area contributed by atoms with E-state index in [1.807, 2.05) is 24.3 Å². The number of carbonyl (C=O) groups is 2. The number of hydrogen-bond donors (Lipinski definition) is 3. The van der Waals surface area contributed by atoms with Crippen molar-refractivity contribution in [1.82, 2.24) is 10.6 Å². The van der Waals surface area contributed by atoms with Crippen molar-refractivity contribution in [2.24, 2.45) is 0 Å². The van der Waals surface area contributed by atoms with Gasteiger partial charge < -0.3 is 20.2 Å². The van der Waals surface area contributed by atoms with Crippen molar-refractivity contribution in [1.29, 1.82) is 0 Å². The van der Waals surface area contributed by atoms with Gasteiger partial charge in [-0.15, -0.1) is 0 Å². The Labute approximate surface area is 147 Å². The zero-order valence-electron chi connectivity index (χ0n) is 12.8. The van der Waals surface area contributed by atoms with E-state index in [1.165, 1.54) is 12.3 Å². The molecule has 0 saturated carbocycles. The summed E-state index contributed by atoms with van der Waals surface area (Å²) in [4.78, 5) is 24.4. The van der Waals surface area contributed by atoms with Crippen molar-refractivity contribution in [3.8, 4) is 0 Å². The van der Waals surface area contributed by atoms with Crippen LogP contribution in [0.2, 0.25) is 0 Å². The summed E-state index contributed by atoms with van der Waals surface area (Å²) in [5.74, 6) is -0.841. The molecule has 1 aromatic carbocycles. The van der Waals surface area contributed by atoms with E-state index < -0.39 is 11.8 Å². The molecule has 1 heterocycles. The Morgan fingerprint density at radius 3 is 2.58 bits per heavy atom. The molecule has 0 aliphatic rings. The number of carbonyl (C=O) groups excluding carboxylic acids is 2. The maximum atomic E-state index is 12.3. The van der Waals surface area contributed by atoms with Gasteiger partial charge in [-0.25, -0.2) is 0 Å². The largest absolute Gasteiger partial charge is 0.459 e. The number of hydrogen-bond acceptors (Lipinski definition) is 4. The topological polar surface area (TPSA) is 91.6 Å². The van der Waals surface area contributed by atoms with Crippen LogP contribution in [0, 0.1) is 0 Å². The lowest BCUT2D eigenvalue weighted by molar-refractivity contribution is -0.117. The van der Waals surface area contributed by atoms with Crippen LogP contribution in [0.25, 0.3) is 6.08 Å². The molecule has 0 fully saturated rings. The molecule has 0 aliphatic heterocycles. The second-order valence-corrected chi connectivity index (χ2v) is 5.79. The van der Waals surface area contributed by atoms with Crippen LogP contribution in [0.3, 0.4) is 0 Å². The SMILES string of the molecule is O=C(NCCCO)/C(=C\c1ccc(Br)cc1)NC(=O)c1ccco1. The van der Waals surface area contributed by atoms with Gasteiger partial charge >= 0.3 is 0 Å². The van der Waals surface area contributed by atoms with Crippen LogP contribution < -0.4 is 10.6 Å². The van der Waals surface area contributed by atoms with E-state index in [0.29, 0.717) is 13.0 Å². The molecule has 2 rings (SSSR count). The summed E-state index contributed by atoms with van der Waals surface area (Å²) < 4.78 is 5.94. The van der Waals surface area contributed by atoms with E-state index in [-0.39, 0.29) is 18.1 Å². The Balaban J connectivity index is 2.18. The van der Waals surface area contributed by atoms with Crippen molar-refractivity contribution >= 4 is 33.8 Å². The van der Waals surface area contributed by atoms with E-state index in [4.69, 9.17) is 9.52 Å². The highest BCUT2D eigenvalue weighted by Crippen LogP contribution is 2.13. The standard InChI is InChI=1S/C17H17BrN2O4/c18-13-6-4-12(5-7-13)11-14(16(22)19-8-2-9-21)20-17(23)15-3-1-10-24-15/h1,3-7,10-11,21H,2,8-9H2,(H,19,22)(H,20,23)/b14-11+. The van der Waals surface area contributed by atoms with Crippen molar-refractivity contribution in [3.05, 3.63) is 64.2 Å². The summed E-state index contributed by atoms with van der Waals surface area (Å²) in [7, 11) is 0. The van der Waals surface area contributed by atoms with Gasteiger partial charge in [-0.2, -0.15) is 0 Å². The summed E-state index contributed by atoms with van der Waals surface area (Å²) in [5, 5.41) is 14.0. The zero-order valence-corrected chi connectivity index (χ0v) is 14.4. The van der Waals surface area contributed by atoms with Crippen LogP contribution >= 0.6 is 15.9 Å². The normalized spacial score (nSPS) is 11.2. The second kappa shape index (κ2) is 9.05. The Hall–Kier alpha value is -2.38. The molecule has 3 N–H and O–H groups in total. The summed E-state index contributed by atoms with van der Waals surface area (Å²) in [6.45, 7) is 0.286. The van der Waals surface area contributed by atoms with E-state index in [1.54, 1.807) is 12.1 Å². The fourth-order valence-electron chi connectivity index (χ4n) is 1.85. The third kappa shape index (κ3) is 5.36. The molecule has 7 heteroatoms. The number of aliphatic hydroxyl groups excluding tert-OH is 1. The van der Waals surface area contributed by atoms with Gasteiger partial charge in [-0.1, -0.05) is 28.1 Å². The molecule has 24 heavy (non-hydrogen) atoms. The lowest BCUT2D eigenvalue weighted by atomic mass is 10.2. The van der Waals surface area contributed by atoms with Gasteiger partial charge in [0.1, 0.15) is 5.70 Å². The molecule has 2 aromatic rings. The van der Waals surface area contributed by atoms with E-state index >= 15 is 0 Å². The number of furan rings is 1. The molecule has 0 atom stereocenters. The van der Waals surface area contributed by atoms with Gasteiger partial charge in [0, 0.05) is 17.6 Å². The van der Waals surface area contributed by atoms with Gasteiger partial charge in [-0.3, -0.25) is 9.59 Å². The minimum Gasteiger partial charge on any atom is -0.459 e. The predicted molar refractivity (Wildman–Crippen MR) is 93.0 cm³/mol. The van der Waals surface area contributed by atoms with Crippen LogP contribution in [-0.2, 0) is 4.79 Å². The summed E-state index contributed by atoms with van der Waals surface area (Å²) >= 11 is 3.34. The summed E-state index contributed by atoms with van der Waals surface area (Å²) in [6.07, 6.45) is 3.39. The number of aliphatic hydroxyl groups is 1. The van der Waals surface area contributed by atoms with Crippen LogP contribution in [0.15, 0.2) is 57.2 Å². The molecule has 6 nitrogen and oxygen atoms in total. The molecule has 2 amide bonds. The van der Waals surface area contributed by atoms with Crippen molar-refractivity contribution in [2.75, 3.05) is 13.2 Å². The number of benzene rings is 1. The Morgan fingerprint density at radius 2 is 1.96 bits per heavy atom. The monoisotopic (exact) mass is 392 g/mol. The number of halogens is 1.